The summed E-state index contributed by atoms with van der Waals surface area (Å²) in [4.78, 5) is 34.8. The molecule has 1 saturated heterocycles. The van der Waals surface area contributed by atoms with Crippen molar-refractivity contribution >= 4 is 28.5 Å². The molecule has 0 radical (unpaired) electrons. The van der Waals surface area contributed by atoms with Crippen molar-refractivity contribution in [2.45, 2.75) is 57.9 Å². The first-order valence-corrected chi connectivity index (χ1v) is 9.60. The van der Waals surface area contributed by atoms with Crippen LogP contribution in [-0.2, 0) is 23.8 Å². The zero-order valence-corrected chi connectivity index (χ0v) is 17.8. The normalized spacial score (nSPS) is 25.1. The van der Waals surface area contributed by atoms with Gasteiger partial charge in [-0.2, -0.15) is 0 Å². The fourth-order valence-corrected chi connectivity index (χ4v) is 3.58. The van der Waals surface area contributed by atoms with E-state index in [1.54, 1.807) is 26.0 Å². The second-order valence-corrected chi connectivity index (χ2v) is 7.76. The van der Waals surface area contributed by atoms with Gasteiger partial charge in [0.25, 0.3) is 0 Å². The lowest BCUT2D eigenvalue weighted by Gasteiger charge is -2.47. The van der Waals surface area contributed by atoms with Crippen LogP contribution in [0, 0.1) is 0 Å². The number of rotatable bonds is 5. The van der Waals surface area contributed by atoms with Crippen LogP contribution < -0.4 is 15.7 Å². The Morgan fingerprint density at radius 1 is 1.19 bits per heavy atom. The quantitative estimate of drug-likeness (QED) is 0.530. The van der Waals surface area contributed by atoms with Gasteiger partial charge in [-0.05, 0) is 32.0 Å². The van der Waals surface area contributed by atoms with Gasteiger partial charge >= 0.3 is 11.6 Å². The molecule has 1 aliphatic heterocycles. The van der Waals surface area contributed by atoms with Crippen molar-refractivity contribution < 1.29 is 38.1 Å². The maximum absolute atomic E-state index is 12.1. The van der Waals surface area contributed by atoms with Crippen LogP contribution in [0.2, 0.25) is 0 Å². The van der Waals surface area contributed by atoms with Crippen LogP contribution >= 0.6 is 0 Å². The lowest BCUT2D eigenvalue weighted by molar-refractivity contribution is -0.308. The SMILES string of the molecule is CO[C@@H]1[C@H](OC(C)=O)C(O)[C@H](Oc2ccc3cc(NC(C)=O)c(=O)oc3c2)OC1(C)C. The van der Waals surface area contributed by atoms with Gasteiger partial charge in [0.05, 0.1) is 5.60 Å². The van der Waals surface area contributed by atoms with E-state index in [2.05, 4.69) is 5.32 Å². The maximum Gasteiger partial charge on any atom is 0.360 e. The van der Waals surface area contributed by atoms with E-state index in [4.69, 9.17) is 23.4 Å². The number of hydrogen-bond acceptors (Lipinski definition) is 9. The van der Waals surface area contributed by atoms with E-state index in [9.17, 15) is 19.5 Å². The van der Waals surface area contributed by atoms with Gasteiger partial charge in [-0.1, -0.05) is 0 Å². The third-order valence-corrected chi connectivity index (χ3v) is 4.85. The summed E-state index contributed by atoms with van der Waals surface area (Å²) in [7, 11) is 1.43. The number of ether oxygens (including phenoxy) is 4. The number of aliphatic hydroxyl groups excluding tert-OH is 1. The molecule has 1 aliphatic rings. The Balaban J connectivity index is 1.88. The zero-order valence-electron chi connectivity index (χ0n) is 17.8. The standard InChI is InChI=1S/C21H25NO9/c1-10(23)22-14-8-12-6-7-13(9-15(12)30-19(14)26)29-20-16(25)17(28-11(2)24)18(27-5)21(3,4)31-20/h6-9,16-18,20,25H,1-5H3,(H,22,23)/t16?,17-,18-,20-/m1/s1. The summed E-state index contributed by atoms with van der Waals surface area (Å²) in [6, 6.07) is 6.16. The number of nitrogens with one attached hydrogen (secondary N) is 1. The van der Waals surface area contributed by atoms with Crippen molar-refractivity contribution in [2.24, 2.45) is 0 Å². The fourth-order valence-electron chi connectivity index (χ4n) is 3.58. The van der Waals surface area contributed by atoms with Gasteiger partial charge in [0, 0.05) is 32.4 Å². The van der Waals surface area contributed by atoms with Gasteiger partial charge in [-0.3, -0.25) is 9.59 Å². The molecule has 1 aromatic heterocycles. The summed E-state index contributed by atoms with van der Waals surface area (Å²) < 4.78 is 27.6. The van der Waals surface area contributed by atoms with E-state index in [0.717, 1.165) is 0 Å². The highest BCUT2D eigenvalue weighted by molar-refractivity contribution is 5.91. The van der Waals surface area contributed by atoms with Crippen molar-refractivity contribution in [3.05, 3.63) is 34.7 Å². The summed E-state index contributed by atoms with van der Waals surface area (Å²) in [5.41, 5.74) is -1.42. The number of esters is 1. The number of hydrogen-bond donors (Lipinski definition) is 2. The number of amides is 1. The number of anilines is 1. The number of methoxy groups -OCH3 is 1. The number of aliphatic hydroxyl groups is 1. The van der Waals surface area contributed by atoms with Crippen molar-refractivity contribution in [1.82, 2.24) is 0 Å². The van der Waals surface area contributed by atoms with E-state index in [-0.39, 0.29) is 17.0 Å². The largest absolute Gasteiger partial charge is 0.462 e. The van der Waals surface area contributed by atoms with Gasteiger partial charge in [0.2, 0.25) is 12.2 Å². The van der Waals surface area contributed by atoms with Gasteiger partial charge in [0.15, 0.2) is 12.2 Å². The molecule has 1 unspecified atom stereocenters. The van der Waals surface area contributed by atoms with Crippen molar-refractivity contribution in [3.63, 3.8) is 0 Å². The second kappa shape index (κ2) is 8.66. The first-order valence-electron chi connectivity index (χ1n) is 9.60. The molecule has 0 saturated carbocycles. The maximum atomic E-state index is 12.1. The average Bonchev–Trinajstić information content (AvgIpc) is 2.65. The minimum atomic E-state index is -1.34. The van der Waals surface area contributed by atoms with E-state index in [0.29, 0.717) is 5.39 Å². The average molecular weight is 435 g/mol. The molecule has 0 spiro atoms. The van der Waals surface area contributed by atoms with E-state index in [1.807, 2.05) is 0 Å². The molecule has 1 aromatic carbocycles. The predicted molar refractivity (Wildman–Crippen MR) is 109 cm³/mol. The Labute approximate surface area is 178 Å². The van der Waals surface area contributed by atoms with Crippen LogP contribution in [0.15, 0.2) is 33.5 Å². The molecule has 2 aromatic rings. The Hall–Kier alpha value is -2.95. The summed E-state index contributed by atoms with van der Waals surface area (Å²) in [5, 5.41) is 13.7. The molecule has 2 N–H and O–H groups in total. The predicted octanol–water partition coefficient (Wildman–Crippen LogP) is 1.57. The van der Waals surface area contributed by atoms with Gasteiger partial charge in [0.1, 0.15) is 23.1 Å². The van der Waals surface area contributed by atoms with Crippen molar-refractivity contribution in [1.29, 1.82) is 0 Å². The topological polar surface area (TPSA) is 134 Å². The molecule has 10 heteroatoms. The molecule has 168 valence electrons. The molecule has 10 nitrogen and oxygen atoms in total. The summed E-state index contributed by atoms with van der Waals surface area (Å²) in [6.45, 7) is 5.97. The van der Waals surface area contributed by atoms with E-state index >= 15 is 0 Å². The van der Waals surface area contributed by atoms with Crippen LogP contribution in [0.5, 0.6) is 5.75 Å². The van der Waals surface area contributed by atoms with E-state index in [1.165, 1.54) is 33.1 Å². The monoisotopic (exact) mass is 435 g/mol. The van der Waals surface area contributed by atoms with Crippen LogP contribution in [0.4, 0.5) is 5.69 Å². The molecule has 2 heterocycles. The third kappa shape index (κ3) is 4.87. The van der Waals surface area contributed by atoms with Crippen LogP contribution in [0.3, 0.4) is 0 Å². The minimum absolute atomic E-state index is 0.0243. The van der Waals surface area contributed by atoms with Crippen molar-refractivity contribution in [3.8, 4) is 5.75 Å². The van der Waals surface area contributed by atoms with Crippen LogP contribution in [-0.4, -0.2) is 54.3 Å². The molecule has 4 atom stereocenters. The Morgan fingerprint density at radius 3 is 2.52 bits per heavy atom. The minimum Gasteiger partial charge on any atom is -0.462 e. The second-order valence-electron chi connectivity index (χ2n) is 7.76. The highest BCUT2D eigenvalue weighted by atomic mass is 16.7. The van der Waals surface area contributed by atoms with Crippen molar-refractivity contribution in [2.75, 3.05) is 12.4 Å². The number of carbonyl (C=O) groups excluding carboxylic acids is 2. The number of benzene rings is 1. The highest BCUT2D eigenvalue weighted by Gasteiger charge is 2.53. The van der Waals surface area contributed by atoms with Crippen LogP contribution in [0.25, 0.3) is 11.0 Å². The molecular weight excluding hydrogens is 410 g/mol. The van der Waals surface area contributed by atoms with Gasteiger partial charge < -0.3 is 33.8 Å². The number of fused-ring (bicyclic) bond motifs is 1. The highest BCUT2D eigenvalue weighted by Crippen LogP contribution is 2.34. The van der Waals surface area contributed by atoms with Gasteiger partial charge in [-0.25, -0.2) is 4.79 Å². The van der Waals surface area contributed by atoms with E-state index < -0.39 is 47.7 Å². The molecule has 31 heavy (non-hydrogen) atoms. The summed E-state index contributed by atoms with van der Waals surface area (Å²) >= 11 is 0. The molecular formula is C21H25NO9. The zero-order chi connectivity index (χ0) is 22.9. The smallest absolute Gasteiger partial charge is 0.360 e. The molecule has 3 rings (SSSR count). The first-order chi connectivity index (χ1) is 14.5. The summed E-state index contributed by atoms with van der Waals surface area (Å²) in [6.07, 6.45) is -4.27. The fraction of sp³-hybridized carbons (Fsp3) is 0.476. The molecule has 0 bridgehead atoms. The Morgan fingerprint density at radius 2 is 1.90 bits per heavy atom. The Kier molecular flexibility index (Phi) is 6.35. The van der Waals surface area contributed by atoms with Crippen LogP contribution in [0.1, 0.15) is 27.7 Å². The summed E-state index contributed by atoms with van der Waals surface area (Å²) in [5.74, 6) is -0.723. The van der Waals surface area contributed by atoms with Gasteiger partial charge in [-0.15, -0.1) is 0 Å². The lowest BCUT2D eigenvalue weighted by Crippen LogP contribution is -2.64. The molecule has 0 aliphatic carbocycles. The first kappa shape index (κ1) is 22.7. The molecule has 1 amide bonds. The number of carbonyl (C=O) groups is 2. The molecule has 1 fully saturated rings. The Bertz CT molecular complexity index is 1040. The lowest BCUT2D eigenvalue weighted by atomic mass is 9.89. The third-order valence-electron chi connectivity index (χ3n) is 4.85.